The molecule has 0 aromatic heterocycles. The van der Waals surface area contributed by atoms with Gasteiger partial charge >= 0.3 is 11.9 Å². The van der Waals surface area contributed by atoms with Gasteiger partial charge in [-0.1, -0.05) is 51.4 Å². The van der Waals surface area contributed by atoms with Crippen LogP contribution in [0.2, 0.25) is 0 Å². The van der Waals surface area contributed by atoms with E-state index < -0.39 is 17.9 Å². The highest BCUT2D eigenvalue weighted by molar-refractivity contribution is 5.96. The van der Waals surface area contributed by atoms with Crippen LogP contribution in [-0.4, -0.2) is 22.2 Å². The summed E-state index contributed by atoms with van der Waals surface area (Å²) in [4.78, 5) is 21.0. The fourth-order valence-electron chi connectivity index (χ4n) is 1.57. The Morgan fingerprint density at radius 2 is 1.44 bits per heavy atom. The molecule has 102 valence electrons. The van der Waals surface area contributed by atoms with Crippen molar-refractivity contribution in [1.29, 1.82) is 0 Å². The summed E-state index contributed by atoms with van der Waals surface area (Å²) in [5.74, 6) is 0.543. The van der Waals surface area contributed by atoms with Gasteiger partial charge in [0, 0.05) is 6.42 Å². The van der Waals surface area contributed by atoms with Crippen molar-refractivity contribution in [2.24, 2.45) is 5.92 Å². The molecular weight excluding hydrogens is 232 g/mol. The molecule has 18 heavy (non-hydrogen) atoms. The first-order valence-electron chi connectivity index (χ1n) is 6.53. The van der Waals surface area contributed by atoms with Gasteiger partial charge in [-0.3, -0.25) is 9.59 Å². The summed E-state index contributed by atoms with van der Waals surface area (Å²) in [5.41, 5.74) is 0. The smallest absolute Gasteiger partial charge is 0.330 e. The first-order valence-corrected chi connectivity index (χ1v) is 6.53. The van der Waals surface area contributed by atoms with Gasteiger partial charge in [-0.2, -0.15) is 0 Å². The standard InChI is InChI=1S/C14H22O4/c1-2-3-4-5-6-7-8-9-10-11-12(13(15)16)14(17)18/h12H,2-9H2,1H3,(H,15,16)(H,17,18). The normalized spacial score (nSPS) is 9.89. The molecule has 0 aliphatic carbocycles. The fraction of sp³-hybridized carbons (Fsp3) is 0.714. The molecule has 0 spiro atoms. The lowest BCUT2D eigenvalue weighted by Crippen LogP contribution is -2.21. The van der Waals surface area contributed by atoms with Gasteiger partial charge in [-0.15, -0.1) is 5.92 Å². The summed E-state index contributed by atoms with van der Waals surface area (Å²) < 4.78 is 0. The van der Waals surface area contributed by atoms with E-state index in [1.807, 2.05) is 0 Å². The number of carboxylic acids is 2. The van der Waals surface area contributed by atoms with Crippen molar-refractivity contribution in [3.8, 4) is 11.8 Å². The lowest BCUT2D eigenvalue weighted by Gasteiger charge is -1.98. The van der Waals surface area contributed by atoms with Crippen molar-refractivity contribution < 1.29 is 19.8 Å². The zero-order valence-corrected chi connectivity index (χ0v) is 10.9. The Bertz CT molecular complexity index is 297. The zero-order valence-electron chi connectivity index (χ0n) is 10.9. The molecule has 0 aliphatic rings. The van der Waals surface area contributed by atoms with Crippen molar-refractivity contribution in [3.63, 3.8) is 0 Å². The van der Waals surface area contributed by atoms with Gasteiger partial charge in [-0.05, 0) is 6.42 Å². The van der Waals surface area contributed by atoms with Crippen molar-refractivity contribution in [1.82, 2.24) is 0 Å². The highest BCUT2D eigenvalue weighted by atomic mass is 16.4. The summed E-state index contributed by atoms with van der Waals surface area (Å²) in [5, 5.41) is 17.2. The summed E-state index contributed by atoms with van der Waals surface area (Å²) >= 11 is 0. The van der Waals surface area contributed by atoms with Crippen LogP contribution in [0.5, 0.6) is 0 Å². The molecule has 0 bridgehead atoms. The number of hydrogen-bond acceptors (Lipinski definition) is 2. The Kier molecular flexibility index (Phi) is 9.75. The Hall–Kier alpha value is -1.50. The van der Waals surface area contributed by atoms with Crippen molar-refractivity contribution in [2.45, 2.75) is 58.3 Å². The van der Waals surface area contributed by atoms with Crippen LogP contribution in [0.4, 0.5) is 0 Å². The summed E-state index contributed by atoms with van der Waals surface area (Å²) in [6.07, 6.45) is 8.73. The van der Waals surface area contributed by atoms with Crippen molar-refractivity contribution in [2.75, 3.05) is 0 Å². The second-order valence-electron chi connectivity index (χ2n) is 4.30. The first kappa shape index (κ1) is 16.5. The van der Waals surface area contributed by atoms with Crippen LogP contribution in [0, 0.1) is 17.8 Å². The molecule has 0 radical (unpaired) electrons. The summed E-state index contributed by atoms with van der Waals surface area (Å²) in [6, 6.07) is 0. The minimum atomic E-state index is -1.59. The highest BCUT2D eigenvalue weighted by Crippen LogP contribution is 2.08. The maximum atomic E-state index is 10.5. The van der Waals surface area contributed by atoms with Crippen LogP contribution in [0.15, 0.2) is 0 Å². The molecule has 0 saturated carbocycles. The van der Waals surface area contributed by atoms with Crippen LogP contribution in [0.25, 0.3) is 0 Å². The van der Waals surface area contributed by atoms with E-state index in [-0.39, 0.29) is 0 Å². The van der Waals surface area contributed by atoms with E-state index in [9.17, 15) is 9.59 Å². The van der Waals surface area contributed by atoms with Gasteiger partial charge in [0.1, 0.15) is 0 Å². The first-order chi connectivity index (χ1) is 8.59. The molecule has 2 N–H and O–H groups in total. The van der Waals surface area contributed by atoms with E-state index in [0.29, 0.717) is 6.42 Å². The molecule has 0 aliphatic heterocycles. The van der Waals surface area contributed by atoms with Crippen LogP contribution in [0.1, 0.15) is 58.3 Å². The molecule has 0 rings (SSSR count). The third-order valence-electron chi connectivity index (χ3n) is 2.65. The average Bonchev–Trinajstić information content (AvgIpc) is 2.30. The third-order valence-corrected chi connectivity index (χ3v) is 2.65. The minimum absolute atomic E-state index is 0.574. The lowest BCUT2D eigenvalue weighted by atomic mass is 10.1. The topological polar surface area (TPSA) is 74.6 Å². The van der Waals surface area contributed by atoms with Crippen molar-refractivity contribution in [3.05, 3.63) is 0 Å². The molecule has 4 heteroatoms. The number of carbonyl (C=O) groups is 2. The number of unbranched alkanes of at least 4 members (excludes halogenated alkanes) is 7. The van der Waals surface area contributed by atoms with Gasteiger partial charge in [0.25, 0.3) is 0 Å². The van der Waals surface area contributed by atoms with Gasteiger partial charge in [0.15, 0.2) is 0 Å². The van der Waals surface area contributed by atoms with Crippen LogP contribution >= 0.6 is 0 Å². The van der Waals surface area contributed by atoms with Gasteiger partial charge in [-0.25, -0.2) is 0 Å². The monoisotopic (exact) mass is 254 g/mol. The predicted octanol–water partition coefficient (Wildman–Crippen LogP) is 2.92. The number of carboxylic acid groups (broad SMARTS) is 2. The molecule has 0 atom stereocenters. The number of rotatable bonds is 9. The minimum Gasteiger partial charge on any atom is -0.480 e. The van der Waals surface area contributed by atoms with Crippen LogP contribution in [0.3, 0.4) is 0 Å². The molecule has 0 heterocycles. The Morgan fingerprint density at radius 1 is 0.944 bits per heavy atom. The van der Waals surface area contributed by atoms with Crippen LogP contribution < -0.4 is 0 Å². The van der Waals surface area contributed by atoms with Gasteiger partial charge in [0.05, 0.1) is 0 Å². The Balaban J connectivity index is 3.65. The third kappa shape index (κ3) is 8.63. The Labute approximate surface area is 108 Å². The quantitative estimate of drug-likeness (QED) is 0.377. The number of hydrogen-bond donors (Lipinski definition) is 2. The molecular formula is C14H22O4. The maximum absolute atomic E-state index is 10.5. The molecule has 0 aromatic rings. The Morgan fingerprint density at radius 3 is 1.94 bits per heavy atom. The average molecular weight is 254 g/mol. The largest absolute Gasteiger partial charge is 0.480 e. The molecule has 0 aromatic carbocycles. The predicted molar refractivity (Wildman–Crippen MR) is 69.1 cm³/mol. The van der Waals surface area contributed by atoms with E-state index in [1.165, 1.54) is 32.1 Å². The highest BCUT2D eigenvalue weighted by Gasteiger charge is 2.22. The second-order valence-corrected chi connectivity index (χ2v) is 4.30. The van der Waals surface area contributed by atoms with E-state index in [1.54, 1.807) is 0 Å². The van der Waals surface area contributed by atoms with Gasteiger partial charge < -0.3 is 10.2 Å². The van der Waals surface area contributed by atoms with E-state index in [4.69, 9.17) is 10.2 Å². The summed E-state index contributed by atoms with van der Waals surface area (Å²) in [7, 11) is 0. The van der Waals surface area contributed by atoms with Crippen molar-refractivity contribution >= 4 is 11.9 Å². The van der Waals surface area contributed by atoms with Gasteiger partial charge in [0.2, 0.25) is 5.92 Å². The SMILES string of the molecule is CCCCCCCCCC#CC(C(=O)O)C(=O)O. The molecule has 0 saturated heterocycles. The van der Waals surface area contributed by atoms with E-state index >= 15 is 0 Å². The molecule has 0 fully saturated rings. The lowest BCUT2D eigenvalue weighted by molar-refractivity contribution is -0.151. The van der Waals surface area contributed by atoms with E-state index in [2.05, 4.69) is 18.8 Å². The van der Waals surface area contributed by atoms with Crippen LogP contribution in [-0.2, 0) is 9.59 Å². The molecule has 0 unspecified atom stereocenters. The zero-order chi connectivity index (χ0) is 13.8. The molecule has 4 nitrogen and oxygen atoms in total. The van der Waals surface area contributed by atoms with E-state index in [0.717, 1.165) is 12.8 Å². The maximum Gasteiger partial charge on any atom is 0.330 e. The second kappa shape index (κ2) is 10.6. The summed E-state index contributed by atoms with van der Waals surface area (Å²) in [6.45, 7) is 2.18. The molecule has 0 amide bonds. The fourth-order valence-corrected chi connectivity index (χ4v) is 1.57. The number of aliphatic carboxylic acids is 2.